The Kier molecular flexibility index (Phi) is 6.13. The highest BCUT2D eigenvalue weighted by atomic mass is 16.5. The van der Waals surface area contributed by atoms with Crippen molar-refractivity contribution in [3.63, 3.8) is 0 Å². The second kappa shape index (κ2) is 7.84. The smallest absolute Gasteiger partial charge is 0.307 e. The SMILES string of the molecule is COC(=O)CCN(C)C(=O)C=Cc1ccc(C(N)=O)cc1. The molecule has 0 aromatic heterocycles. The van der Waals surface area contributed by atoms with E-state index in [0.29, 0.717) is 5.56 Å². The Labute approximate surface area is 123 Å². The molecule has 112 valence electrons. The minimum absolute atomic E-state index is 0.153. The van der Waals surface area contributed by atoms with Crippen molar-refractivity contribution in [3.8, 4) is 0 Å². The number of amides is 2. The van der Waals surface area contributed by atoms with E-state index in [1.54, 1.807) is 37.4 Å². The molecule has 0 aliphatic rings. The van der Waals surface area contributed by atoms with Crippen molar-refractivity contribution >= 4 is 23.9 Å². The second-order valence-corrected chi connectivity index (χ2v) is 4.41. The van der Waals surface area contributed by atoms with E-state index in [2.05, 4.69) is 4.74 Å². The first-order valence-corrected chi connectivity index (χ1v) is 6.34. The van der Waals surface area contributed by atoms with Gasteiger partial charge in [0.2, 0.25) is 11.8 Å². The molecule has 21 heavy (non-hydrogen) atoms. The average Bonchev–Trinajstić information content (AvgIpc) is 2.50. The summed E-state index contributed by atoms with van der Waals surface area (Å²) in [7, 11) is 2.91. The lowest BCUT2D eigenvalue weighted by molar-refractivity contribution is -0.141. The molecule has 0 heterocycles. The van der Waals surface area contributed by atoms with Crippen LogP contribution in [0.25, 0.3) is 6.08 Å². The fourth-order valence-electron chi connectivity index (χ4n) is 1.52. The summed E-state index contributed by atoms with van der Waals surface area (Å²) in [6.07, 6.45) is 3.18. The molecule has 0 saturated heterocycles. The molecular weight excluding hydrogens is 272 g/mol. The van der Waals surface area contributed by atoms with Crippen LogP contribution in [-0.2, 0) is 14.3 Å². The molecule has 0 saturated carbocycles. The minimum Gasteiger partial charge on any atom is -0.469 e. The number of rotatable bonds is 6. The van der Waals surface area contributed by atoms with Crippen LogP contribution >= 0.6 is 0 Å². The van der Waals surface area contributed by atoms with E-state index >= 15 is 0 Å². The number of methoxy groups -OCH3 is 1. The van der Waals surface area contributed by atoms with Gasteiger partial charge in [0.05, 0.1) is 13.5 Å². The van der Waals surface area contributed by atoms with E-state index < -0.39 is 5.91 Å². The average molecular weight is 290 g/mol. The Morgan fingerprint density at radius 3 is 2.38 bits per heavy atom. The summed E-state index contributed by atoms with van der Waals surface area (Å²) in [5.41, 5.74) is 6.32. The van der Waals surface area contributed by atoms with Crippen molar-refractivity contribution in [2.45, 2.75) is 6.42 Å². The zero-order valence-corrected chi connectivity index (χ0v) is 12.0. The summed E-state index contributed by atoms with van der Waals surface area (Å²) in [6.45, 7) is 0.288. The Morgan fingerprint density at radius 2 is 1.86 bits per heavy atom. The standard InChI is InChI=1S/C15H18N2O4/c1-17(10-9-14(19)21-2)13(18)8-5-11-3-6-12(7-4-11)15(16)20/h3-8H,9-10H2,1-2H3,(H2,16,20). The van der Waals surface area contributed by atoms with Gasteiger partial charge in [0.15, 0.2) is 0 Å². The molecule has 1 aromatic carbocycles. The molecule has 1 aromatic rings. The molecule has 6 nitrogen and oxygen atoms in total. The van der Waals surface area contributed by atoms with E-state index in [-0.39, 0.29) is 24.8 Å². The minimum atomic E-state index is -0.496. The Morgan fingerprint density at radius 1 is 1.24 bits per heavy atom. The maximum Gasteiger partial charge on any atom is 0.307 e. The molecule has 0 radical (unpaired) electrons. The summed E-state index contributed by atoms with van der Waals surface area (Å²) in [4.78, 5) is 35.1. The third-order valence-electron chi connectivity index (χ3n) is 2.87. The van der Waals surface area contributed by atoms with E-state index in [1.165, 1.54) is 18.1 Å². The zero-order valence-electron chi connectivity index (χ0n) is 12.0. The quantitative estimate of drug-likeness (QED) is 0.620. The third-order valence-corrected chi connectivity index (χ3v) is 2.87. The molecule has 0 atom stereocenters. The molecular formula is C15H18N2O4. The van der Waals surface area contributed by atoms with Gasteiger partial charge in [-0.25, -0.2) is 0 Å². The van der Waals surface area contributed by atoms with E-state index in [1.807, 2.05) is 0 Å². The van der Waals surface area contributed by atoms with Crippen molar-refractivity contribution < 1.29 is 19.1 Å². The van der Waals surface area contributed by atoms with Crippen molar-refractivity contribution in [2.24, 2.45) is 5.73 Å². The third kappa shape index (κ3) is 5.48. The van der Waals surface area contributed by atoms with Crippen LogP contribution < -0.4 is 5.73 Å². The lowest BCUT2D eigenvalue weighted by Crippen LogP contribution is -2.27. The monoisotopic (exact) mass is 290 g/mol. The number of esters is 1. The number of carbonyl (C=O) groups is 3. The second-order valence-electron chi connectivity index (χ2n) is 4.41. The molecule has 0 aliphatic carbocycles. The number of nitrogens with zero attached hydrogens (tertiary/aromatic N) is 1. The van der Waals surface area contributed by atoms with Gasteiger partial charge in [-0.05, 0) is 23.8 Å². The molecule has 2 N–H and O–H groups in total. The maximum absolute atomic E-state index is 11.8. The predicted molar refractivity (Wildman–Crippen MR) is 78.3 cm³/mol. The number of carbonyl (C=O) groups excluding carboxylic acids is 3. The van der Waals surface area contributed by atoms with Gasteiger partial charge in [-0.1, -0.05) is 12.1 Å². The van der Waals surface area contributed by atoms with Crippen LogP contribution in [0.5, 0.6) is 0 Å². The topological polar surface area (TPSA) is 89.7 Å². The molecule has 0 fully saturated rings. The summed E-state index contributed by atoms with van der Waals surface area (Å²) in [5.74, 6) is -1.08. The van der Waals surface area contributed by atoms with Gasteiger partial charge in [-0.2, -0.15) is 0 Å². The van der Waals surface area contributed by atoms with Crippen molar-refractivity contribution in [1.29, 1.82) is 0 Å². The number of likely N-dealkylation sites (N-methyl/N-ethyl adjacent to an activating group) is 1. The van der Waals surface area contributed by atoms with Crippen LogP contribution in [0.4, 0.5) is 0 Å². The Bertz CT molecular complexity index is 549. The number of nitrogens with two attached hydrogens (primary N) is 1. The maximum atomic E-state index is 11.8. The van der Waals surface area contributed by atoms with Crippen LogP contribution in [-0.4, -0.2) is 43.4 Å². The van der Waals surface area contributed by atoms with Gasteiger partial charge in [0.1, 0.15) is 0 Å². The summed E-state index contributed by atoms with van der Waals surface area (Å²) in [6, 6.07) is 6.57. The Balaban J connectivity index is 2.56. The highest BCUT2D eigenvalue weighted by Crippen LogP contribution is 2.06. The molecule has 0 aliphatic heterocycles. The summed E-state index contributed by atoms with van der Waals surface area (Å²) < 4.78 is 4.51. The number of benzene rings is 1. The molecule has 6 heteroatoms. The number of primary amides is 1. The zero-order chi connectivity index (χ0) is 15.8. The van der Waals surface area contributed by atoms with E-state index in [4.69, 9.17) is 5.73 Å². The van der Waals surface area contributed by atoms with Gasteiger partial charge >= 0.3 is 5.97 Å². The van der Waals surface area contributed by atoms with Crippen LogP contribution in [0, 0.1) is 0 Å². The van der Waals surface area contributed by atoms with Crippen molar-refractivity contribution in [3.05, 3.63) is 41.5 Å². The largest absolute Gasteiger partial charge is 0.469 e. The number of hydrogen-bond donors (Lipinski definition) is 1. The Hall–Kier alpha value is -2.63. The van der Waals surface area contributed by atoms with Gasteiger partial charge < -0.3 is 15.4 Å². The lowest BCUT2D eigenvalue weighted by Gasteiger charge is -2.13. The van der Waals surface area contributed by atoms with Gasteiger partial charge in [-0.15, -0.1) is 0 Å². The molecule has 0 spiro atoms. The number of ether oxygens (including phenoxy) is 1. The van der Waals surface area contributed by atoms with Crippen LogP contribution in [0.2, 0.25) is 0 Å². The first-order chi connectivity index (χ1) is 9.93. The molecule has 1 rings (SSSR count). The summed E-state index contributed by atoms with van der Waals surface area (Å²) in [5, 5.41) is 0. The fraction of sp³-hybridized carbons (Fsp3) is 0.267. The highest BCUT2D eigenvalue weighted by Gasteiger charge is 2.08. The van der Waals surface area contributed by atoms with Crippen LogP contribution in [0.15, 0.2) is 30.3 Å². The predicted octanol–water partition coefficient (Wildman–Crippen LogP) is 0.820. The van der Waals surface area contributed by atoms with Gasteiger partial charge in [0.25, 0.3) is 0 Å². The lowest BCUT2D eigenvalue weighted by atomic mass is 10.1. The van der Waals surface area contributed by atoms with Gasteiger partial charge in [-0.3, -0.25) is 14.4 Å². The first-order valence-electron chi connectivity index (χ1n) is 6.34. The van der Waals surface area contributed by atoms with Crippen molar-refractivity contribution in [2.75, 3.05) is 20.7 Å². The summed E-state index contributed by atoms with van der Waals surface area (Å²) >= 11 is 0. The van der Waals surface area contributed by atoms with Crippen LogP contribution in [0.1, 0.15) is 22.3 Å². The van der Waals surface area contributed by atoms with E-state index in [0.717, 1.165) is 5.56 Å². The molecule has 2 amide bonds. The highest BCUT2D eigenvalue weighted by molar-refractivity contribution is 5.94. The molecule has 0 bridgehead atoms. The fourth-order valence-corrected chi connectivity index (χ4v) is 1.52. The number of hydrogen-bond acceptors (Lipinski definition) is 4. The van der Waals surface area contributed by atoms with Crippen LogP contribution in [0.3, 0.4) is 0 Å². The first kappa shape index (κ1) is 16.4. The normalized spacial score (nSPS) is 10.4. The van der Waals surface area contributed by atoms with Crippen molar-refractivity contribution in [1.82, 2.24) is 4.90 Å². The molecule has 0 unspecified atom stereocenters. The van der Waals surface area contributed by atoms with Gasteiger partial charge in [0, 0.05) is 25.2 Å². The van der Waals surface area contributed by atoms with E-state index in [9.17, 15) is 14.4 Å².